The zero-order chi connectivity index (χ0) is 21.8. The first kappa shape index (κ1) is 21.4. The Morgan fingerprint density at radius 3 is 2.44 bits per heavy atom. The lowest BCUT2D eigenvalue weighted by molar-refractivity contribution is 0.0687. The molecule has 0 radical (unpaired) electrons. The molecule has 2 aromatic carbocycles. The van der Waals surface area contributed by atoms with E-state index >= 15 is 0 Å². The van der Waals surface area contributed by atoms with Crippen LogP contribution in [0.15, 0.2) is 54.6 Å². The molecule has 1 aromatic heterocycles. The number of fused-ring (bicyclic) bond motifs is 1. The molecule has 5 rings (SSSR count). The Bertz CT molecular complexity index is 1020. The number of hydrazine groups is 1. The van der Waals surface area contributed by atoms with Crippen molar-refractivity contribution in [2.45, 2.75) is 19.3 Å². The van der Waals surface area contributed by atoms with Gasteiger partial charge >= 0.3 is 0 Å². The topological polar surface area (TPSA) is 51.7 Å². The van der Waals surface area contributed by atoms with E-state index in [-0.39, 0.29) is 5.91 Å². The van der Waals surface area contributed by atoms with Crippen LogP contribution < -0.4 is 10.3 Å². The van der Waals surface area contributed by atoms with Gasteiger partial charge in [-0.25, -0.2) is 5.01 Å². The summed E-state index contributed by atoms with van der Waals surface area (Å²) in [6.45, 7) is 7.37. The minimum Gasteiger partial charge on any atom is -0.353 e. The van der Waals surface area contributed by atoms with Gasteiger partial charge in [0.1, 0.15) is 5.82 Å². The van der Waals surface area contributed by atoms with E-state index < -0.39 is 0 Å². The van der Waals surface area contributed by atoms with Crippen molar-refractivity contribution in [2.24, 2.45) is 5.92 Å². The van der Waals surface area contributed by atoms with Crippen LogP contribution >= 0.6 is 11.5 Å². The molecule has 1 amide bonds. The van der Waals surface area contributed by atoms with Gasteiger partial charge in [-0.05, 0) is 67.5 Å². The fourth-order valence-electron chi connectivity index (χ4n) is 4.78. The van der Waals surface area contributed by atoms with Crippen LogP contribution in [0.4, 0.5) is 5.82 Å². The number of nitrogens with zero attached hydrogens (tertiary/aromatic N) is 4. The van der Waals surface area contributed by atoms with Gasteiger partial charge in [-0.1, -0.05) is 30.3 Å². The lowest BCUT2D eigenvalue weighted by Crippen LogP contribution is -2.48. The van der Waals surface area contributed by atoms with Gasteiger partial charge in [0.25, 0.3) is 5.91 Å². The maximum atomic E-state index is 12.3. The summed E-state index contributed by atoms with van der Waals surface area (Å²) in [5, 5.41) is 3.38. The molecule has 3 heterocycles. The summed E-state index contributed by atoms with van der Waals surface area (Å²) in [4.78, 5) is 17.4. The van der Waals surface area contributed by atoms with Crippen molar-refractivity contribution in [3.63, 3.8) is 0 Å². The van der Waals surface area contributed by atoms with Crippen LogP contribution in [0.25, 0.3) is 10.1 Å². The third-order valence-corrected chi connectivity index (χ3v) is 7.61. The minimum absolute atomic E-state index is 0.00480. The second kappa shape index (κ2) is 9.98. The molecule has 0 atom stereocenters. The second-order valence-corrected chi connectivity index (χ2v) is 9.66. The van der Waals surface area contributed by atoms with E-state index in [4.69, 9.17) is 4.37 Å². The molecule has 0 bridgehead atoms. The van der Waals surface area contributed by atoms with E-state index in [1.807, 2.05) is 30.3 Å². The largest absolute Gasteiger partial charge is 0.353 e. The van der Waals surface area contributed by atoms with E-state index in [2.05, 4.69) is 44.5 Å². The van der Waals surface area contributed by atoms with Crippen LogP contribution in [0.2, 0.25) is 0 Å². The maximum absolute atomic E-state index is 12.3. The summed E-state index contributed by atoms with van der Waals surface area (Å²) in [7, 11) is 0. The first-order chi connectivity index (χ1) is 15.8. The van der Waals surface area contributed by atoms with E-state index in [0.29, 0.717) is 0 Å². The Morgan fingerprint density at radius 1 is 0.938 bits per heavy atom. The quantitative estimate of drug-likeness (QED) is 0.619. The van der Waals surface area contributed by atoms with Crippen molar-refractivity contribution in [3.05, 3.63) is 60.2 Å². The van der Waals surface area contributed by atoms with E-state index in [1.165, 1.54) is 23.1 Å². The summed E-state index contributed by atoms with van der Waals surface area (Å²) >= 11 is 1.60. The number of anilines is 1. The molecule has 1 N–H and O–H groups in total. The lowest BCUT2D eigenvalue weighted by Gasteiger charge is -2.37. The van der Waals surface area contributed by atoms with Crippen molar-refractivity contribution in [3.8, 4) is 0 Å². The number of piperazine rings is 1. The average molecular weight is 450 g/mol. The van der Waals surface area contributed by atoms with Gasteiger partial charge in [0.2, 0.25) is 0 Å². The first-order valence-electron chi connectivity index (χ1n) is 11.7. The molecule has 2 fully saturated rings. The van der Waals surface area contributed by atoms with Gasteiger partial charge in [-0.15, -0.1) is 0 Å². The van der Waals surface area contributed by atoms with Gasteiger partial charge < -0.3 is 4.90 Å². The van der Waals surface area contributed by atoms with Crippen molar-refractivity contribution in [1.29, 1.82) is 0 Å². The van der Waals surface area contributed by atoms with Crippen LogP contribution in [0.5, 0.6) is 0 Å². The second-order valence-electron chi connectivity index (χ2n) is 8.86. The Balaban J connectivity index is 1.03. The number of carbonyl (C=O) groups is 1. The highest BCUT2D eigenvalue weighted by Crippen LogP contribution is 2.30. The fraction of sp³-hybridized carbons (Fsp3) is 0.440. The molecule has 3 aromatic rings. The minimum atomic E-state index is -0.00480. The van der Waals surface area contributed by atoms with Crippen molar-refractivity contribution in [1.82, 2.24) is 19.7 Å². The number of amides is 1. The molecule has 32 heavy (non-hydrogen) atoms. The lowest BCUT2D eigenvalue weighted by atomic mass is 9.94. The predicted octanol–water partition coefficient (Wildman–Crippen LogP) is 3.87. The van der Waals surface area contributed by atoms with Gasteiger partial charge in [-0.2, -0.15) is 4.37 Å². The molecule has 168 valence electrons. The van der Waals surface area contributed by atoms with E-state index in [0.717, 1.165) is 69.4 Å². The van der Waals surface area contributed by atoms with Crippen LogP contribution in [0.3, 0.4) is 0 Å². The third-order valence-electron chi connectivity index (χ3n) is 6.79. The maximum Gasteiger partial charge on any atom is 0.265 e. The van der Waals surface area contributed by atoms with Gasteiger partial charge in [0, 0.05) is 50.2 Å². The Morgan fingerprint density at radius 2 is 1.66 bits per heavy atom. The number of aromatic nitrogens is 1. The smallest absolute Gasteiger partial charge is 0.265 e. The summed E-state index contributed by atoms with van der Waals surface area (Å²) in [6.07, 6.45) is 3.56. The van der Waals surface area contributed by atoms with E-state index in [9.17, 15) is 4.79 Å². The predicted molar refractivity (Wildman–Crippen MR) is 131 cm³/mol. The monoisotopic (exact) mass is 449 g/mol. The van der Waals surface area contributed by atoms with Crippen molar-refractivity contribution < 1.29 is 4.79 Å². The molecule has 0 spiro atoms. The number of carbonyl (C=O) groups excluding carboxylic acids is 1. The third kappa shape index (κ3) is 4.95. The zero-order valence-electron chi connectivity index (χ0n) is 18.4. The molecular weight excluding hydrogens is 418 g/mol. The number of hydrogen-bond donors (Lipinski definition) is 1. The van der Waals surface area contributed by atoms with Crippen molar-refractivity contribution in [2.75, 3.05) is 50.7 Å². The number of hydrogen-bond acceptors (Lipinski definition) is 6. The molecule has 7 heteroatoms. The van der Waals surface area contributed by atoms with Gasteiger partial charge in [0.15, 0.2) is 0 Å². The Labute approximate surface area is 193 Å². The van der Waals surface area contributed by atoms with Crippen LogP contribution in [-0.4, -0.2) is 66.0 Å². The van der Waals surface area contributed by atoms with Crippen LogP contribution in [0, 0.1) is 5.92 Å². The van der Waals surface area contributed by atoms with Crippen LogP contribution in [0.1, 0.15) is 29.6 Å². The normalized spacial score (nSPS) is 18.8. The van der Waals surface area contributed by atoms with Gasteiger partial charge in [-0.3, -0.25) is 15.1 Å². The molecule has 2 aliphatic heterocycles. The average Bonchev–Trinajstić information content (AvgIpc) is 3.29. The number of nitrogens with one attached hydrogen (secondary N) is 1. The number of benzene rings is 2. The standard InChI is InChI=1S/C25H31N5OS/c31-25(21-6-2-1-3-7-21)26-30-14-11-20(12-15-30)10-13-28-16-18-29(19-17-28)24-22-8-4-5-9-23(22)32-27-24/h1-9,20H,10-19H2,(H,26,31). The highest BCUT2D eigenvalue weighted by atomic mass is 32.1. The Hall–Kier alpha value is -2.48. The van der Waals surface area contributed by atoms with Crippen molar-refractivity contribution >= 4 is 33.3 Å². The highest BCUT2D eigenvalue weighted by molar-refractivity contribution is 7.13. The first-order valence-corrected chi connectivity index (χ1v) is 12.5. The van der Waals surface area contributed by atoms with Crippen LogP contribution in [-0.2, 0) is 0 Å². The summed E-state index contributed by atoms with van der Waals surface area (Å²) in [5.74, 6) is 1.91. The molecule has 0 aliphatic carbocycles. The molecule has 6 nitrogen and oxygen atoms in total. The zero-order valence-corrected chi connectivity index (χ0v) is 19.3. The summed E-state index contributed by atoms with van der Waals surface area (Å²) < 4.78 is 6.00. The molecular formula is C25H31N5OS. The number of piperidine rings is 1. The molecule has 2 saturated heterocycles. The molecule has 0 unspecified atom stereocenters. The highest BCUT2D eigenvalue weighted by Gasteiger charge is 2.24. The molecule has 0 saturated carbocycles. The van der Waals surface area contributed by atoms with E-state index in [1.54, 1.807) is 11.5 Å². The van der Waals surface area contributed by atoms with Gasteiger partial charge in [0.05, 0.1) is 4.70 Å². The fourth-order valence-corrected chi connectivity index (χ4v) is 5.58. The summed E-state index contributed by atoms with van der Waals surface area (Å²) in [5.41, 5.74) is 3.79. The summed E-state index contributed by atoms with van der Waals surface area (Å²) in [6, 6.07) is 18.0. The SMILES string of the molecule is O=C(NN1CCC(CCN2CCN(c3nsc4ccccc34)CC2)CC1)c1ccccc1. The molecule has 2 aliphatic rings. The Kier molecular flexibility index (Phi) is 6.67. The number of rotatable bonds is 6.